The van der Waals surface area contributed by atoms with E-state index in [0.29, 0.717) is 11.1 Å². The Labute approximate surface area is 93.9 Å². The van der Waals surface area contributed by atoms with Gasteiger partial charge in [0.15, 0.2) is 0 Å². The van der Waals surface area contributed by atoms with E-state index in [9.17, 15) is 0 Å². The molecule has 1 aliphatic rings. The van der Waals surface area contributed by atoms with Crippen LogP contribution in [0.5, 0.6) is 0 Å². The number of anilines is 1. The monoisotopic (exact) mass is 227 g/mol. The van der Waals surface area contributed by atoms with Gasteiger partial charge in [0, 0.05) is 25.8 Å². The van der Waals surface area contributed by atoms with Gasteiger partial charge in [0.1, 0.15) is 17.3 Å². The fraction of sp³-hybridized carbons (Fsp3) is 0.600. The number of hydrogen-bond donors (Lipinski definition) is 1. The number of aliphatic hydroxyl groups excluding tert-OH is 1. The van der Waals surface area contributed by atoms with Crippen LogP contribution in [0.2, 0.25) is 5.15 Å². The minimum absolute atomic E-state index is 0.245. The van der Waals surface area contributed by atoms with Crippen molar-refractivity contribution in [1.82, 2.24) is 9.97 Å². The maximum atomic E-state index is 9.12. The highest BCUT2D eigenvalue weighted by atomic mass is 35.5. The summed E-state index contributed by atoms with van der Waals surface area (Å²) in [5, 5.41) is 9.59. The largest absolute Gasteiger partial charge is 0.396 e. The maximum Gasteiger partial charge on any atom is 0.134 e. The highest BCUT2D eigenvalue weighted by Gasteiger charge is 2.20. The molecule has 1 saturated heterocycles. The topological polar surface area (TPSA) is 49.2 Å². The molecule has 4 nitrogen and oxygen atoms in total. The van der Waals surface area contributed by atoms with Crippen LogP contribution in [0.25, 0.3) is 0 Å². The lowest BCUT2D eigenvalue weighted by Gasteiger charge is -2.32. The van der Waals surface area contributed by atoms with Gasteiger partial charge in [0.25, 0.3) is 0 Å². The molecule has 0 bridgehead atoms. The summed E-state index contributed by atoms with van der Waals surface area (Å²) in [6.07, 6.45) is 3.65. The second-order valence-corrected chi connectivity index (χ2v) is 4.22. The van der Waals surface area contributed by atoms with Crippen LogP contribution in [0.1, 0.15) is 12.8 Å². The van der Waals surface area contributed by atoms with Crippen LogP contribution in [-0.4, -0.2) is 34.8 Å². The van der Waals surface area contributed by atoms with Gasteiger partial charge in [-0.1, -0.05) is 11.6 Å². The molecule has 2 rings (SSSR count). The Morgan fingerprint density at radius 3 is 3.13 bits per heavy atom. The van der Waals surface area contributed by atoms with Crippen LogP contribution in [0.3, 0.4) is 0 Å². The zero-order chi connectivity index (χ0) is 10.7. The van der Waals surface area contributed by atoms with Gasteiger partial charge in [-0.2, -0.15) is 0 Å². The molecule has 1 aliphatic heterocycles. The number of nitrogens with zero attached hydrogens (tertiary/aromatic N) is 3. The molecule has 0 aromatic carbocycles. The Balaban J connectivity index is 2.09. The number of aliphatic hydroxyl groups is 1. The van der Waals surface area contributed by atoms with Crippen LogP contribution in [0, 0.1) is 5.92 Å². The van der Waals surface area contributed by atoms with Crippen molar-refractivity contribution in [3.63, 3.8) is 0 Å². The van der Waals surface area contributed by atoms with Crippen LogP contribution in [-0.2, 0) is 0 Å². The second kappa shape index (κ2) is 4.77. The van der Waals surface area contributed by atoms with Crippen molar-refractivity contribution < 1.29 is 5.11 Å². The van der Waals surface area contributed by atoms with E-state index in [1.165, 1.54) is 6.33 Å². The quantitative estimate of drug-likeness (QED) is 0.775. The Hall–Kier alpha value is -0.870. The van der Waals surface area contributed by atoms with E-state index in [4.69, 9.17) is 16.7 Å². The van der Waals surface area contributed by atoms with E-state index in [1.54, 1.807) is 6.07 Å². The van der Waals surface area contributed by atoms with E-state index in [2.05, 4.69) is 14.9 Å². The first kappa shape index (κ1) is 10.6. The lowest BCUT2D eigenvalue weighted by Crippen LogP contribution is -2.37. The van der Waals surface area contributed by atoms with Crippen molar-refractivity contribution in [2.75, 3.05) is 24.6 Å². The molecule has 0 amide bonds. The third kappa shape index (κ3) is 2.58. The van der Waals surface area contributed by atoms with Gasteiger partial charge in [0.2, 0.25) is 0 Å². The predicted molar refractivity (Wildman–Crippen MR) is 59.1 cm³/mol. The van der Waals surface area contributed by atoms with Crippen molar-refractivity contribution in [2.24, 2.45) is 5.92 Å². The summed E-state index contributed by atoms with van der Waals surface area (Å²) < 4.78 is 0. The lowest BCUT2D eigenvalue weighted by molar-refractivity contribution is 0.208. The highest BCUT2D eigenvalue weighted by molar-refractivity contribution is 6.29. The average Bonchev–Trinajstić information content (AvgIpc) is 2.29. The van der Waals surface area contributed by atoms with E-state index in [-0.39, 0.29) is 6.61 Å². The van der Waals surface area contributed by atoms with Gasteiger partial charge in [-0.25, -0.2) is 9.97 Å². The first-order valence-corrected chi connectivity index (χ1v) is 5.50. The summed E-state index contributed by atoms with van der Waals surface area (Å²) in [7, 11) is 0. The molecule has 0 saturated carbocycles. The van der Waals surface area contributed by atoms with Crippen LogP contribution < -0.4 is 4.90 Å². The van der Waals surface area contributed by atoms with Crippen molar-refractivity contribution in [3.8, 4) is 0 Å². The molecular weight excluding hydrogens is 214 g/mol. The Kier molecular flexibility index (Phi) is 3.38. The number of piperidine rings is 1. The molecular formula is C10H14ClN3O. The minimum Gasteiger partial charge on any atom is -0.396 e. The van der Waals surface area contributed by atoms with Gasteiger partial charge < -0.3 is 10.0 Å². The number of hydrogen-bond acceptors (Lipinski definition) is 4. The third-order valence-corrected chi connectivity index (χ3v) is 2.93. The number of rotatable bonds is 2. The zero-order valence-corrected chi connectivity index (χ0v) is 9.19. The first-order chi connectivity index (χ1) is 7.29. The standard InChI is InChI=1S/C10H14ClN3O/c11-9-4-10(13-7-12-9)14-3-1-2-8(5-14)6-15/h4,7-8,15H,1-3,5-6H2. The molecule has 1 unspecified atom stereocenters. The SMILES string of the molecule is OCC1CCCN(c2cc(Cl)ncn2)C1. The second-order valence-electron chi connectivity index (χ2n) is 3.84. The van der Waals surface area contributed by atoms with Gasteiger partial charge >= 0.3 is 0 Å². The summed E-state index contributed by atoms with van der Waals surface area (Å²) in [6.45, 7) is 2.07. The van der Waals surface area contributed by atoms with Crippen molar-refractivity contribution in [2.45, 2.75) is 12.8 Å². The van der Waals surface area contributed by atoms with Gasteiger partial charge in [-0.05, 0) is 18.8 Å². The molecule has 1 atom stereocenters. The molecule has 1 N–H and O–H groups in total. The normalized spacial score (nSPS) is 21.7. The summed E-state index contributed by atoms with van der Waals surface area (Å²) >= 11 is 5.81. The zero-order valence-electron chi connectivity index (χ0n) is 8.43. The maximum absolute atomic E-state index is 9.12. The van der Waals surface area contributed by atoms with E-state index < -0.39 is 0 Å². The Bertz CT molecular complexity index is 334. The molecule has 82 valence electrons. The summed E-state index contributed by atoms with van der Waals surface area (Å²) in [4.78, 5) is 10.2. The minimum atomic E-state index is 0.245. The molecule has 0 spiro atoms. The number of halogens is 1. The average molecular weight is 228 g/mol. The molecule has 0 radical (unpaired) electrons. The van der Waals surface area contributed by atoms with Gasteiger partial charge in [-0.15, -0.1) is 0 Å². The van der Waals surface area contributed by atoms with Crippen molar-refractivity contribution >= 4 is 17.4 Å². The summed E-state index contributed by atoms with van der Waals surface area (Å²) in [5.41, 5.74) is 0. The molecule has 1 aromatic rings. The molecule has 5 heteroatoms. The molecule has 2 heterocycles. The lowest BCUT2D eigenvalue weighted by atomic mass is 9.99. The van der Waals surface area contributed by atoms with Gasteiger partial charge in [-0.3, -0.25) is 0 Å². The fourth-order valence-corrected chi connectivity index (χ4v) is 2.06. The number of aromatic nitrogens is 2. The van der Waals surface area contributed by atoms with Crippen molar-refractivity contribution in [1.29, 1.82) is 0 Å². The van der Waals surface area contributed by atoms with Gasteiger partial charge in [0.05, 0.1) is 0 Å². The molecule has 15 heavy (non-hydrogen) atoms. The van der Waals surface area contributed by atoms with E-state index in [0.717, 1.165) is 31.7 Å². The molecule has 1 fully saturated rings. The Morgan fingerprint density at radius 1 is 1.53 bits per heavy atom. The smallest absolute Gasteiger partial charge is 0.134 e. The van der Waals surface area contributed by atoms with E-state index >= 15 is 0 Å². The molecule has 1 aromatic heterocycles. The molecule has 0 aliphatic carbocycles. The first-order valence-electron chi connectivity index (χ1n) is 5.13. The highest BCUT2D eigenvalue weighted by Crippen LogP contribution is 2.22. The summed E-state index contributed by atoms with van der Waals surface area (Å²) in [5.74, 6) is 1.21. The van der Waals surface area contributed by atoms with Crippen LogP contribution in [0.4, 0.5) is 5.82 Å². The third-order valence-electron chi connectivity index (χ3n) is 2.72. The van der Waals surface area contributed by atoms with Crippen LogP contribution >= 0.6 is 11.6 Å². The van der Waals surface area contributed by atoms with E-state index in [1.807, 2.05) is 0 Å². The fourth-order valence-electron chi connectivity index (χ4n) is 1.92. The Morgan fingerprint density at radius 2 is 2.40 bits per heavy atom. The van der Waals surface area contributed by atoms with Crippen molar-refractivity contribution in [3.05, 3.63) is 17.5 Å². The predicted octanol–water partition coefficient (Wildman–Crippen LogP) is 1.34. The summed E-state index contributed by atoms with van der Waals surface area (Å²) in [6, 6.07) is 1.77. The van der Waals surface area contributed by atoms with Crippen LogP contribution in [0.15, 0.2) is 12.4 Å².